The minimum Gasteiger partial charge on any atom is -0.461 e. The van der Waals surface area contributed by atoms with Crippen molar-refractivity contribution in [2.24, 2.45) is 0 Å². The Morgan fingerprint density at radius 2 is 1.90 bits per heavy atom. The first-order valence-electron chi connectivity index (χ1n) is 6.77. The number of aromatic nitrogens is 3. The van der Waals surface area contributed by atoms with Gasteiger partial charge in [-0.05, 0) is 20.8 Å². The maximum atomic E-state index is 9.61. The van der Waals surface area contributed by atoms with Crippen LogP contribution in [-0.4, -0.2) is 63.1 Å². The van der Waals surface area contributed by atoms with E-state index in [1.165, 1.54) is 0 Å². The molecule has 1 aliphatic heterocycles. The maximum absolute atomic E-state index is 9.61. The number of aliphatic hydroxyl groups is 2. The number of hydrogen-bond acceptors (Lipinski definition) is 8. The van der Waals surface area contributed by atoms with E-state index in [1.54, 1.807) is 4.90 Å². The molecule has 2 heterocycles. The van der Waals surface area contributed by atoms with Crippen LogP contribution in [0.3, 0.4) is 0 Å². The summed E-state index contributed by atoms with van der Waals surface area (Å²) in [5.41, 5.74) is 0. The van der Waals surface area contributed by atoms with Gasteiger partial charge in [0.15, 0.2) is 0 Å². The van der Waals surface area contributed by atoms with Gasteiger partial charge in [0.2, 0.25) is 11.9 Å². The van der Waals surface area contributed by atoms with Gasteiger partial charge >= 0.3 is 6.01 Å². The SMILES string of the molecule is CCNc1nc(OC(C)C)nc(N2CC(O)C(O)C2)n1. The van der Waals surface area contributed by atoms with Crippen LogP contribution in [0.5, 0.6) is 6.01 Å². The molecule has 1 aliphatic rings. The lowest BCUT2D eigenvalue weighted by Crippen LogP contribution is -2.25. The van der Waals surface area contributed by atoms with Gasteiger partial charge in [-0.25, -0.2) is 0 Å². The molecule has 3 N–H and O–H groups in total. The van der Waals surface area contributed by atoms with Crippen LogP contribution < -0.4 is 15.0 Å². The molecule has 112 valence electrons. The molecule has 1 saturated heterocycles. The van der Waals surface area contributed by atoms with Crippen molar-refractivity contribution in [3.8, 4) is 6.01 Å². The van der Waals surface area contributed by atoms with E-state index in [-0.39, 0.29) is 25.2 Å². The highest BCUT2D eigenvalue weighted by Crippen LogP contribution is 2.20. The Kier molecular flexibility index (Phi) is 4.56. The van der Waals surface area contributed by atoms with Gasteiger partial charge in [0.05, 0.1) is 18.3 Å². The van der Waals surface area contributed by atoms with Gasteiger partial charge in [-0.3, -0.25) is 0 Å². The number of aliphatic hydroxyl groups excluding tert-OH is 2. The smallest absolute Gasteiger partial charge is 0.323 e. The lowest BCUT2D eigenvalue weighted by molar-refractivity contribution is 0.0572. The highest BCUT2D eigenvalue weighted by molar-refractivity contribution is 5.40. The average molecular weight is 283 g/mol. The minimum atomic E-state index is -0.788. The predicted molar refractivity (Wildman–Crippen MR) is 74.0 cm³/mol. The molecule has 1 fully saturated rings. The van der Waals surface area contributed by atoms with Crippen LogP contribution in [0.4, 0.5) is 11.9 Å². The Hall–Kier alpha value is -1.67. The lowest BCUT2D eigenvalue weighted by Gasteiger charge is -2.17. The summed E-state index contributed by atoms with van der Waals surface area (Å²) in [4.78, 5) is 14.4. The van der Waals surface area contributed by atoms with E-state index < -0.39 is 12.2 Å². The van der Waals surface area contributed by atoms with Gasteiger partial charge in [0, 0.05) is 19.6 Å². The zero-order valence-electron chi connectivity index (χ0n) is 11.9. The fourth-order valence-corrected chi connectivity index (χ4v) is 1.92. The van der Waals surface area contributed by atoms with Crippen LogP contribution in [0, 0.1) is 0 Å². The van der Waals surface area contributed by atoms with E-state index in [4.69, 9.17) is 4.74 Å². The summed E-state index contributed by atoms with van der Waals surface area (Å²) in [6.45, 7) is 6.97. The summed E-state index contributed by atoms with van der Waals surface area (Å²) >= 11 is 0. The quantitative estimate of drug-likeness (QED) is 0.672. The van der Waals surface area contributed by atoms with Crippen molar-refractivity contribution in [3.63, 3.8) is 0 Å². The van der Waals surface area contributed by atoms with Crippen LogP contribution in [0.15, 0.2) is 0 Å². The fourth-order valence-electron chi connectivity index (χ4n) is 1.92. The second-order valence-electron chi connectivity index (χ2n) is 4.98. The third kappa shape index (κ3) is 3.45. The van der Waals surface area contributed by atoms with E-state index in [2.05, 4.69) is 20.3 Å². The first-order chi connectivity index (χ1) is 9.49. The average Bonchev–Trinajstić information content (AvgIpc) is 2.69. The predicted octanol–water partition coefficient (Wildman–Crippen LogP) is -0.368. The van der Waals surface area contributed by atoms with Gasteiger partial charge in [-0.15, -0.1) is 0 Å². The number of nitrogens with one attached hydrogen (secondary N) is 1. The lowest BCUT2D eigenvalue weighted by atomic mass is 10.3. The zero-order chi connectivity index (χ0) is 14.7. The van der Waals surface area contributed by atoms with Crippen molar-refractivity contribution in [2.75, 3.05) is 29.9 Å². The second kappa shape index (κ2) is 6.19. The topological polar surface area (TPSA) is 104 Å². The molecule has 0 radical (unpaired) electrons. The molecule has 0 spiro atoms. The number of hydrogen-bond donors (Lipinski definition) is 3. The molecule has 2 atom stereocenters. The van der Waals surface area contributed by atoms with E-state index >= 15 is 0 Å². The first-order valence-corrected chi connectivity index (χ1v) is 6.77. The molecule has 8 nitrogen and oxygen atoms in total. The number of ether oxygens (including phenoxy) is 1. The van der Waals surface area contributed by atoms with Gasteiger partial charge in [-0.2, -0.15) is 15.0 Å². The Morgan fingerprint density at radius 3 is 2.45 bits per heavy atom. The summed E-state index contributed by atoms with van der Waals surface area (Å²) in [6.07, 6.45) is -1.62. The van der Waals surface area contributed by atoms with Crippen LogP contribution in [0.1, 0.15) is 20.8 Å². The normalized spacial score (nSPS) is 22.4. The standard InChI is InChI=1S/C12H21N5O3/c1-4-13-10-14-11(16-12(15-10)20-7(2)3)17-5-8(18)9(19)6-17/h7-9,18-19H,4-6H2,1-3H3,(H,13,14,15,16). The molecular formula is C12H21N5O3. The van der Waals surface area contributed by atoms with E-state index in [0.717, 1.165) is 0 Å². The van der Waals surface area contributed by atoms with Crippen LogP contribution in [0.25, 0.3) is 0 Å². The van der Waals surface area contributed by atoms with Gasteiger partial charge in [0.25, 0.3) is 0 Å². The molecular weight excluding hydrogens is 262 g/mol. The Bertz CT molecular complexity index is 447. The van der Waals surface area contributed by atoms with Crippen molar-refractivity contribution in [1.29, 1.82) is 0 Å². The molecule has 0 aliphatic carbocycles. The molecule has 8 heteroatoms. The van der Waals surface area contributed by atoms with Gasteiger partial charge in [-0.1, -0.05) is 0 Å². The summed E-state index contributed by atoms with van der Waals surface area (Å²) in [5.74, 6) is 0.811. The van der Waals surface area contributed by atoms with Crippen molar-refractivity contribution >= 4 is 11.9 Å². The number of rotatable bonds is 5. The summed E-state index contributed by atoms with van der Waals surface area (Å²) in [7, 11) is 0. The monoisotopic (exact) mass is 283 g/mol. The van der Waals surface area contributed by atoms with Crippen molar-refractivity contribution in [3.05, 3.63) is 0 Å². The van der Waals surface area contributed by atoms with Gasteiger partial charge in [0.1, 0.15) is 0 Å². The number of anilines is 2. The summed E-state index contributed by atoms with van der Waals surface area (Å²) in [6, 6.07) is 0.233. The molecule has 0 amide bonds. The molecule has 0 aromatic carbocycles. The molecule has 1 aromatic heterocycles. The highest BCUT2D eigenvalue weighted by atomic mass is 16.5. The molecule has 0 saturated carbocycles. The van der Waals surface area contributed by atoms with Crippen LogP contribution in [0.2, 0.25) is 0 Å². The third-order valence-corrected chi connectivity index (χ3v) is 2.82. The Balaban J connectivity index is 2.24. The number of nitrogens with zero attached hydrogens (tertiary/aromatic N) is 4. The molecule has 2 rings (SSSR count). The second-order valence-corrected chi connectivity index (χ2v) is 4.98. The van der Waals surface area contributed by atoms with Crippen LogP contribution >= 0.6 is 0 Å². The molecule has 1 aromatic rings. The highest BCUT2D eigenvalue weighted by Gasteiger charge is 2.31. The van der Waals surface area contributed by atoms with E-state index in [9.17, 15) is 10.2 Å². The Labute approximate surface area is 117 Å². The van der Waals surface area contributed by atoms with Crippen molar-refractivity contribution in [1.82, 2.24) is 15.0 Å². The minimum absolute atomic E-state index is 0.0468. The largest absolute Gasteiger partial charge is 0.461 e. The maximum Gasteiger partial charge on any atom is 0.323 e. The Morgan fingerprint density at radius 1 is 1.25 bits per heavy atom. The fraction of sp³-hybridized carbons (Fsp3) is 0.750. The van der Waals surface area contributed by atoms with Gasteiger partial charge < -0.3 is 25.2 Å². The van der Waals surface area contributed by atoms with Crippen molar-refractivity contribution in [2.45, 2.75) is 39.1 Å². The summed E-state index contributed by atoms with van der Waals surface area (Å²) < 4.78 is 5.50. The summed E-state index contributed by atoms with van der Waals surface area (Å²) in [5, 5.41) is 22.2. The third-order valence-electron chi connectivity index (χ3n) is 2.82. The molecule has 0 bridgehead atoms. The molecule has 20 heavy (non-hydrogen) atoms. The van der Waals surface area contributed by atoms with E-state index in [1.807, 2.05) is 20.8 Å². The molecule has 2 unspecified atom stereocenters. The zero-order valence-corrected chi connectivity index (χ0v) is 11.9. The van der Waals surface area contributed by atoms with Crippen molar-refractivity contribution < 1.29 is 14.9 Å². The number of β-amino-alcohol motifs (C(OH)–C–C–N with tert-alkyl or cyclic N) is 2. The first kappa shape index (κ1) is 14.7. The van der Waals surface area contributed by atoms with Crippen LogP contribution in [-0.2, 0) is 0 Å². The van der Waals surface area contributed by atoms with E-state index in [0.29, 0.717) is 18.4 Å².